The van der Waals surface area contributed by atoms with Gasteiger partial charge in [-0.05, 0) is 12.1 Å². The Morgan fingerprint density at radius 3 is 2.84 bits per heavy atom. The fourth-order valence-corrected chi connectivity index (χ4v) is 1.46. The van der Waals surface area contributed by atoms with Crippen LogP contribution < -0.4 is 5.32 Å². The second kappa shape index (κ2) is 5.50. The third kappa shape index (κ3) is 2.78. The Morgan fingerprint density at radius 2 is 2.21 bits per heavy atom. The normalized spacial score (nSPS) is 9.63. The summed E-state index contributed by atoms with van der Waals surface area (Å²) in [4.78, 5) is 21.9. The number of hydrogen-bond donors (Lipinski definition) is 1. The summed E-state index contributed by atoms with van der Waals surface area (Å²) in [7, 11) is 0. The molecule has 94 valence electrons. The highest BCUT2D eigenvalue weighted by atomic mass is 16.6. The van der Waals surface area contributed by atoms with Gasteiger partial charge in [-0.2, -0.15) is 5.26 Å². The van der Waals surface area contributed by atoms with Gasteiger partial charge >= 0.3 is 5.69 Å². The van der Waals surface area contributed by atoms with Crippen LogP contribution in [0, 0.1) is 21.4 Å². The van der Waals surface area contributed by atoms with Crippen LogP contribution in [0.5, 0.6) is 0 Å². The Hall–Kier alpha value is -3.08. The van der Waals surface area contributed by atoms with Crippen LogP contribution in [-0.4, -0.2) is 19.9 Å². The first-order valence-electron chi connectivity index (χ1n) is 5.24. The van der Waals surface area contributed by atoms with E-state index in [1.807, 2.05) is 0 Å². The Morgan fingerprint density at radius 1 is 1.37 bits per heavy atom. The summed E-state index contributed by atoms with van der Waals surface area (Å²) in [5.74, 6) is 0.0441. The molecule has 0 amide bonds. The number of nitrogens with zero attached hydrogens (tertiary/aromatic N) is 5. The maximum atomic E-state index is 11.0. The van der Waals surface area contributed by atoms with E-state index >= 15 is 0 Å². The zero-order valence-electron chi connectivity index (χ0n) is 9.65. The van der Waals surface area contributed by atoms with Gasteiger partial charge in [0, 0.05) is 12.4 Å². The van der Waals surface area contributed by atoms with Crippen LogP contribution >= 0.6 is 0 Å². The minimum atomic E-state index is -0.631. The number of aromatic nitrogens is 3. The average molecular weight is 256 g/mol. The van der Waals surface area contributed by atoms with Crippen molar-refractivity contribution in [1.29, 1.82) is 5.26 Å². The summed E-state index contributed by atoms with van der Waals surface area (Å²) in [5.41, 5.74) is 0.290. The van der Waals surface area contributed by atoms with Crippen LogP contribution in [0.15, 0.2) is 30.9 Å². The minimum Gasteiger partial charge on any atom is -0.359 e. The molecule has 19 heavy (non-hydrogen) atoms. The molecule has 8 nitrogen and oxygen atoms in total. The molecule has 0 saturated carbocycles. The SMILES string of the molecule is N#Cc1ccnc(NCc2ccncn2)c1[N+](=O)[O-]. The minimum absolute atomic E-state index is 0.0369. The van der Waals surface area contributed by atoms with Gasteiger partial charge in [-0.3, -0.25) is 10.1 Å². The van der Waals surface area contributed by atoms with Crippen LogP contribution in [-0.2, 0) is 6.54 Å². The largest absolute Gasteiger partial charge is 0.359 e. The summed E-state index contributed by atoms with van der Waals surface area (Å²) in [6.07, 6.45) is 4.29. The van der Waals surface area contributed by atoms with Crippen LogP contribution in [0.25, 0.3) is 0 Å². The number of nitro groups is 1. The lowest BCUT2D eigenvalue weighted by molar-refractivity contribution is -0.384. The third-order valence-electron chi connectivity index (χ3n) is 2.31. The molecule has 0 aliphatic rings. The first-order chi connectivity index (χ1) is 9.22. The number of pyridine rings is 1. The van der Waals surface area contributed by atoms with Crippen LogP contribution in [0.4, 0.5) is 11.5 Å². The molecule has 8 heteroatoms. The van der Waals surface area contributed by atoms with Crippen molar-refractivity contribution in [3.63, 3.8) is 0 Å². The van der Waals surface area contributed by atoms with Crippen LogP contribution in [0.1, 0.15) is 11.3 Å². The lowest BCUT2D eigenvalue weighted by Gasteiger charge is -2.05. The maximum absolute atomic E-state index is 11.0. The van der Waals surface area contributed by atoms with Crippen molar-refractivity contribution < 1.29 is 4.92 Å². The number of hydrogen-bond acceptors (Lipinski definition) is 7. The predicted octanol–water partition coefficient (Wildman–Crippen LogP) is 1.26. The number of anilines is 1. The van der Waals surface area contributed by atoms with Crippen molar-refractivity contribution in [3.8, 4) is 6.07 Å². The van der Waals surface area contributed by atoms with E-state index in [1.54, 1.807) is 18.3 Å². The highest BCUT2D eigenvalue weighted by molar-refractivity contribution is 5.64. The Balaban J connectivity index is 2.26. The lowest BCUT2D eigenvalue weighted by atomic mass is 10.2. The number of nitrogens with one attached hydrogen (secondary N) is 1. The Labute approximate surface area is 107 Å². The molecule has 0 radical (unpaired) electrons. The van der Waals surface area contributed by atoms with Crippen molar-refractivity contribution in [3.05, 3.63) is 52.2 Å². The molecular formula is C11H8N6O2. The van der Waals surface area contributed by atoms with Crippen molar-refractivity contribution in [2.45, 2.75) is 6.54 Å². The van der Waals surface area contributed by atoms with E-state index in [-0.39, 0.29) is 23.6 Å². The van der Waals surface area contributed by atoms with E-state index in [0.29, 0.717) is 5.69 Å². The zero-order valence-corrected chi connectivity index (χ0v) is 9.65. The van der Waals surface area contributed by atoms with Gasteiger partial charge in [0.25, 0.3) is 0 Å². The molecule has 0 unspecified atom stereocenters. The van der Waals surface area contributed by atoms with E-state index < -0.39 is 4.92 Å². The summed E-state index contributed by atoms with van der Waals surface area (Å²) in [6, 6.07) is 4.74. The van der Waals surface area contributed by atoms with Gasteiger partial charge in [0.1, 0.15) is 18.0 Å². The molecule has 0 saturated heterocycles. The summed E-state index contributed by atoms with van der Waals surface area (Å²) in [6.45, 7) is 0.255. The van der Waals surface area contributed by atoms with Crippen LogP contribution in [0.2, 0.25) is 0 Å². The molecule has 0 atom stereocenters. The molecule has 0 aromatic carbocycles. The van der Waals surface area contributed by atoms with Gasteiger partial charge in [-0.15, -0.1) is 0 Å². The van der Waals surface area contributed by atoms with Crippen molar-refractivity contribution in [1.82, 2.24) is 15.0 Å². The van der Waals surface area contributed by atoms with Gasteiger partial charge in [0.2, 0.25) is 5.82 Å². The van der Waals surface area contributed by atoms with Gasteiger partial charge in [-0.25, -0.2) is 15.0 Å². The summed E-state index contributed by atoms with van der Waals surface area (Å²) >= 11 is 0. The number of nitriles is 1. The molecule has 2 aromatic rings. The smallest absolute Gasteiger partial charge is 0.328 e. The first-order valence-corrected chi connectivity index (χ1v) is 5.24. The van der Waals surface area contributed by atoms with Crippen molar-refractivity contribution >= 4 is 11.5 Å². The molecule has 1 N–H and O–H groups in total. The molecule has 0 aliphatic heterocycles. The second-order valence-corrected chi connectivity index (χ2v) is 3.48. The molecule has 0 bridgehead atoms. The highest BCUT2D eigenvalue weighted by Gasteiger charge is 2.20. The monoisotopic (exact) mass is 256 g/mol. The molecule has 0 spiro atoms. The van der Waals surface area contributed by atoms with Gasteiger partial charge in [0.05, 0.1) is 17.2 Å². The number of rotatable bonds is 4. The van der Waals surface area contributed by atoms with E-state index in [0.717, 1.165) is 0 Å². The van der Waals surface area contributed by atoms with E-state index in [9.17, 15) is 10.1 Å². The maximum Gasteiger partial charge on any atom is 0.328 e. The van der Waals surface area contributed by atoms with Gasteiger partial charge < -0.3 is 5.32 Å². The third-order valence-corrected chi connectivity index (χ3v) is 2.31. The molecule has 2 heterocycles. The van der Waals surface area contributed by atoms with E-state index in [1.165, 1.54) is 18.6 Å². The Bertz CT molecular complexity index is 637. The fourth-order valence-electron chi connectivity index (χ4n) is 1.46. The topological polar surface area (TPSA) is 118 Å². The second-order valence-electron chi connectivity index (χ2n) is 3.48. The van der Waals surface area contributed by atoms with Crippen LogP contribution in [0.3, 0.4) is 0 Å². The zero-order chi connectivity index (χ0) is 13.7. The first kappa shape index (κ1) is 12.4. The summed E-state index contributed by atoms with van der Waals surface area (Å²) in [5, 5.41) is 22.6. The molecule has 0 fully saturated rings. The standard InChI is InChI=1S/C11H8N6O2/c12-5-8-1-4-14-11(10(8)17(18)19)15-6-9-2-3-13-7-16-9/h1-4,7H,6H2,(H,14,15). The lowest BCUT2D eigenvalue weighted by Crippen LogP contribution is -2.07. The Kier molecular flexibility index (Phi) is 3.59. The fraction of sp³-hybridized carbons (Fsp3) is 0.0909. The van der Waals surface area contributed by atoms with Crippen molar-refractivity contribution in [2.24, 2.45) is 0 Å². The molecular weight excluding hydrogens is 248 g/mol. The van der Waals surface area contributed by atoms with E-state index in [2.05, 4.69) is 20.3 Å². The molecule has 2 aromatic heterocycles. The quantitative estimate of drug-likeness (QED) is 0.646. The molecule has 2 rings (SSSR count). The van der Waals surface area contributed by atoms with E-state index in [4.69, 9.17) is 5.26 Å². The van der Waals surface area contributed by atoms with Gasteiger partial charge in [-0.1, -0.05) is 0 Å². The van der Waals surface area contributed by atoms with Crippen molar-refractivity contribution in [2.75, 3.05) is 5.32 Å². The van der Waals surface area contributed by atoms with Gasteiger partial charge in [0.15, 0.2) is 0 Å². The summed E-state index contributed by atoms with van der Waals surface area (Å²) < 4.78 is 0. The predicted molar refractivity (Wildman–Crippen MR) is 65.0 cm³/mol. The highest BCUT2D eigenvalue weighted by Crippen LogP contribution is 2.25. The molecule has 0 aliphatic carbocycles. The average Bonchev–Trinajstić information content (AvgIpc) is 2.45.